The van der Waals surface area contributed by atoms with Crippen LogP contribution in [0.3, 0.4) is 0 Å². The first-order chi connectivity index (χ1) is 8.18. The monoisotopic (exact) mass is 230 g/mol. The van der Waals surface area contributed by atoms with E-state index in [0.717, 1.165) is 16.5 Å². The number of benzene rings is 1. The first-order valence-corrected chi connectivity index (χ1v) is 5.47. The Balaban J connectivity index is 2.21. The molecule has 0 fully saturated rings. The van der Waals surface area contributed by atoms with Crippen LogP contribution in [-0.2, 0) is 11.3 Å². The van der Waals surface area contributed by atoms with Crippen molar-refractivity contribution < 1.29 is 9.90 Å². The van der Waals surface area contributed by atoms with Gasteiger partial charge in [0.2, 0.25) is 5.91 Å². The van der Waals surface area contributed by atoms with E-state index in [4.69, 9.17) is 5.11 Å². The van der Waals surface area contributed by atoms with Crippen LogP contribution in [0.15, 0.2) is 36.5 Å². The normalized spacial score (nSPS) is 12.4. The number of nitrogens with one attached hydrogen (secondary N) is 1. The summed E-state index contributed by atoms with van der Waals surface area (Å²) in [5.41, 5.74) is 1.82. The topological polar surface area (TPSA) is 62.2 Å². The lowest BCUT2D eigenvalue weighted by Gasteiger charge is -2.08. The number of amides is 1. The molecule has 0 bridgehead atoms. The molecule has 0 aliphatic rings. The molecular weight excluding hydrogens is 216 g/mol. The van der Waals surface area contributed by atoms with E-state index < -0.39 is 6.10 Å². The number of para-hydroxylation sites is 1. The molecule has 1 aromatic heterocycles. The number of hydrogen-bond donors (Lipinski definition) is 2. The third kappa shape index (κ3) is 2.60. The zero-order valence-electron chi connectivity index (χ0n) is 9.55. The van der Waals surface area contributed by atoms with Crippen molar-refractivity contribution >= 4 is 16.8 Å². The standard InChI is InChI=1S/C13H14N2O2/c1-9(16)13(17)15-8-11-5-2-4-10-6-3-7-14-12(10)11/h2-7,9,16H,8H2,1H3,(H,15,17). The maximum absolute atomic E-state index is 11.3. The summed E-state index contributed by atoms with van der Waals surface area (Å²) in [7, 11) is 0. The summed E-state index contributed by atoms with van der Waals surface area (Å²) in [4.78, 5) is 15.6. The molecule has 0 spiro atoms. The first kappa shape index (κ1) is 11.5. The summed E-state index contributed by atoms with van der Waals surface area (Å²) in [5.74, 6) is -0.377. The van der Waals surface area contributed by atoms with E-state index in [2.05, 4.69) is 10.3 Å². The fourth-order valence-electron chi connectivity index (χ4n) is 1.64. The van der Waals surface area contributed by atoms with Crippen LogP contribution in [0.2, 0.25) is 0 Å². The van der Waals surface area contributed by atoms with Gasteiger partial charge in [-0.05, 0) is 18.6 Å². The molecule has 4 heteroatoms. The van der Waals surface area contributed by atoms with Gasteiger partial charge in [0.15, 0.2) is 0 Å². The van der Waals surface area contributed by atoms with Crippen molar-refractivity contribution in [1.82, 2.24) is 10.3 Å². The Hall–Kier alpha value is -1.94. The SMILES string of the molecule is CC(O)C(=O)NCc1cccc2cccnc12. The van der Waals surface area contributed by atoms with Crippen LogP contribution in [0.1, 0.15) is 12.5 Å². The van der Waals surface area contributed by atoms with Crippen LogP contribution in [-0.4, -0.2) is 22.1 Å². The number of hydrogen-bond acceptors (Lipinski definition) is 3. The molecule has 1 aromatic carbocycles. The van der Waals surface area contributed by atoms with E-state index >= 15 is 0 Å². The fraction of sp³-hybridized carbons (Fsp3) is 0.231. The molecule has 2 aromatic rings. The van der Waals surface area contributed by atoms with Gasteiger partial charge in [-0.2, -0.15) is 0 Å². The number of aliphatic hydroxyl groups is 1. The molecular formula is C13H14N2O2. The van der Waals surface area contributed by atoms with E-state index in [9.17, 15) is 4.79 Å². The highest BCUT2D eigenvalue weighted by Gasteiger charge is 2.08. The van der Waals surface area contributed by atoms with E-state index in [1.165, 1.54) is 6.92 Å². The van der Waals surface area contributed by atoms with Crippen LogP contribution in [0, 0.1) is 0 Å². The highest BCUT2D eigenvalue weighted by Crippen LogP contribution is 2.15. The lowest BCUT2D eigenvalue weighted by molar-refractivity contribution is -0.128. The molecule has 88 valence electrons. The fourth-order valence-corrected chi connectivity index (χ4v) is 1.64. The number of pyridine rings is 1. The second kappa shape index (κ2) is 4.93. The van der Waals surface area contributed by atoms with Crippen molar-refractivity contribution in [1.29, 1.82) is 0 Å². The third-order valence-electron chi connectivity index (χ3n) is 2.55. The first-order valence-electron chi connectivity index (χ1n) is 5.47. The van der Waals surface area contributed by atoms with Gasteiger partial charge in [-0.3, -0.25) is 9.78 Å². The van der Waals surface area contributed by atoms with Crippen molar-refractivity contribution in [2.24, 2.45) is 0 Å². The van der Waals surface area contributed by atoms with Gasteiger partial charge in [-0.25, -0.2) is 0 Å². The average molecular weight is 230 g/mol. The van der Waals surface area contributed by atoms with Crippen LogP contribution >= 0.6 is 0 Å². The molecule has 1 amide bonds. The molecule has 0 saturated heterocycles. The average Bonchev–Trinajstić information content (AvgIpc) is 2.35. The van der Waals surface area contributed by atoms with Gasteiger partial charge in [-0.15, -0.1) is 0 Å². The van der Waals surface area contributed by atoms with Gasteiger partial charge in [0.25, 0.3) is 0 Å². The van der Waals surface area contributed by atoms with E-state index in [-0.39, 0.29) is 5.91 Å². The number of fused-ring (bicyclic) bond motifs is 1. The molecule has 0 saturated carbocycles. The molecule has 0 aliphatic heterocycles. The number of carbonyl (C=O) groups excluding carboxylic acids is 1. The summed E-state index contributed by atoms with van der Waals surface area (Å²) in [5, 5.41) is 12.8. The summed E-state index contributed by atoms with van der Waals surface area (Å²) < 4.78 is 0. The van der Waals surface area contributed by atoms with Crippen LogP contribution in [0.5, 0.6) is 0 Å². The molecule has 0 radical (unpaired) electrons. The van der Waals surface area contributed by atoms with Crippen molar-refractivity contribution in [3.63, 3.8) is 0 Å². The van der Waals surface area contributed by atoms with Gasteiger partial charge >= 0.3 is 0 Å². The quantitative estimate of drug-likeness (QED) is 0.833. The van der Waals surface area contributed by atoms with E-state index in [1.54, 1.807) is 6.20 Å². The molecule has 17 heavy (non-hydrogen) atoms. The summed E-state index contributed by atoms with van der Waals surface area (Å²) in [6.07, 6.45) is 0.737. The van der Waals surface area contributed by atoms with E-state index in [1.807, 2.05) is 30.3 Å². The molecule has 1 atom stereocenters. The number of nitrogens with zero attached hydrogens (tertiary/aromatic N) is 1. The van der Waals surface area contributed by atoms with Crippen LogP contribution in [0.25, 0.3) is 10.9 Å². The summed E-state index contributed by atoms with van der Waals surface area (Å²) in [6.45, 7) is 1.81. The second-order valence-electron chi connectivity index (χ2n) is 3.89. The van der Waals surface area contributed by atoms with E-state index in [0.29, 0.717) is 6.54 Å². The van der Waals surface area contributed by atoms with Crippen molar-refractivity contribution in [3.05, 3.63) is 42.1 Å². The van der Waals surface area contributed by atoms with Crippen molar-refractivity contribution in [3.8, 4) is 0 Å². The van der Waals surface area contributed by atoms with Crippen LogP contribution in [0.4, 0.5) is 0 Å². The Morgan fingerprint density at radius 2 is 2.18 bits per heavy atom. The third-order valence-corrected chi connectivity index (χ3v) is 2.55. The number of rotatable bonds is 3. The lowest BCUT2D eigenvalue weighted by Crippen LogP contribution is -2.32. The summed E-state index contributed by atoms with van der Waals surface area (Å²) in [6, 6.07) is 9.66. The highest BCUT2D eigenvalue weighted by molar-refractivity contribution is 5.83. The lowest BCUT2D eigenvalue weighted by atomic mass is 10.1. The summed E-state index contributed by atoms with van der Waals surface area (Å²) >= 11 is 0. The predicted octanol–water partition coefficient (Wildman–Crippen LogP) is 1.23. The van der Waals surface area contributed by atoms with Gasteiger partial charge in [0.05, 0.1) is 5.52 Å². The number of aromatic nitrogens is 1. The highest BCUT2D eigenvalue weighted by atomic mass is 16.3. The largest absolute Gasteiger partial charge is 0.384 e. The maximum atomic E-state index is 11.3. The molecule has 2 N–H and O–H groups in total. The van der Waals surface area contributed by atoms with Gasteiger partial charge in [-0.1, -0.05) is 24.3 Å². The Morgan fingerprint density at radius 1 is 1.41 bits per heavy atom. The predicted molar refractivity (Wildman–Crippen MR) is 65.3 cm³/mol. The Bertz CT molecular complexity index is 532. The molecule has 1 unspecified atom stereocenters. The maximum Gasteiger partial charge on any atom is 0.248 e. The Morgan fingerprint density at radius 3 is 2.94 bits per heavy atom. The molecule has 1 heterocycles. The van der Waals surface area contributed by atoms with Gasteiger partial charge in [0, 0.05) is 18.1 Å². The van der Waals surface area contributed by atoms with Gasteiger partial charge < -0.3 is 10.4 Å². The zero-order chi connectivity index (χ0) is 12.3. The van der Waals surface area contributed by atoms with Crippen molar-refractivity contribution in [2.45, 2.75) is 19.6 Å². The Labute approximate surface area is 99.3 Å². The zero-order valence-corrected chi connectivity index (χ0v) is 9.55. The Kier molecular flexibility index (Phi) is 3.35. The molecule has 2 rings (SSSR count). The number of carbonyl (C=O) groups is 1. The second-order valence-corrected chi connectivity index (χ2v) is 3.89. The smallest absolute Gasteiger partial charge is 0.248 e. The van der Waals surface area contributed by atoms with Crippen LogP contribution < -0.4 is 5.32 Å². The van der Waals surface area contributed by atoms with Crippen molar-refractivity contribution in [2.75, 3.05) is 0 Å². The minimum atomic E-state index is -0.988. The molecule has 0 aliphatic carbocycles. The number of aliphatic hydroxyl groups excluding tert-OH is 1. The minimum Gasteiger partial charge on any atom is -0.384 e. The van der Waals surface area contributed by atoms with Gasteiger partial charge in [0.1, 0.15) is 6.10 Å². The minimum absolute atomic E-state index is 0.373. The molecule has 4 nitrogen and oxygen atoms in total.